The molecule has 0 radical (unpaired) electrons. The van der Waals surface area contributed by atoms with Crippen molar-refractivity contribution in [3.05, 3.63) is 27.7 Å². The van der Waals surface area contributed by atoms with Crippen molar-refractivity contribution < 1.29 is 9.18 Å². The summed E-state index contributed by atoms with van der Waals surface area (Å²) in [5.74, 6) is -0.715. The first-order valence-electron chi connectivity index (χ1n) is 5.37. The number of H-pyrrole nitrogens is 1. The predicted molar refractivity (Wildman–Crippen MR) is 70.8 cm³/mol. The number of hydrogen-bond acceptors (Lipinski definition) is 2. The Hall–Kier alpha value is -1.40. The molecule has 0 bridgehead atoms. The number of aromatic nitrogens is 2. The zero-order chi connectivity index (χ0) is 13.3. The molecule has 1 amide bonds. The van der Waals surface area contributed by atoms with E-state index in [1.165, 1.54) is 16.7 Å². The van der Waals surface area contributed by atoms with Gasteiger partial charge >= 0.3 is 0 Å². The largest absolute Gasteiger partial charge is 0.355 e. The molecule has 96 valence electrons. The van der Waals surface area contributed by atoms with E-state index in [-0.39, 0.29) is 17.5 Å². The minimum atomic E-state index is -0.539. The number of aromatic amines is 1. The van der Waals surface area contributed by atoms with Gasteiger partial charge in [0.15, 0.2) is 4.77 Å². The Balaban J connectivity index is 2.50. The van der Waals surface area contributed by atoms with Crippen molar-refractivity contribution in [2.45, 2.75) is 13.5 Å². The molecule has 0 saturated carbocycles. The molecule has 0 aliphatic carbocycles. The minimum Gasteiger partial charge on any atom is -0.355 e. The van der Waals surface area contributed by atoms with Gasteiger partial charge in [0.2, 0.25) is 5.91 Å². The first-order valence-corrected chi connectivity index (χ1v) is 6.15. The number of nitrogens with zero attached hydrogens (tertiary/aromatic N) is 1. The van der Waals surface area contributed by atoms with Gasteiger partial charge in [-0.05, 0) is 25.2 Å². The van der Waals surface area contributed by atoms with E-state index in [4.69, 9.17) is 23.8 Å². The van der Waals surface area contributed by atoms with Crippen LogP contribution >= 0.6 is 23.8 Å². The van der Waals surface area contributed by atoms with Crippen molar-refractivity contribution in [2.75, 3.05) is 6.54 Å². The van der Waals surface area contributed by atoms with Gasteiger partial charge < -0.3 is 14.9 Å². The van der Waals surface area contributed by atoms with Gasteiger partial charge in [-0.2, -0.15) is 0 Å². The molecule has 2 N–H and O–H groups in total. The van der Waals surface area contributed by atoms with E-state index in [0.717, 1.165) is 0 Å². The van der Waals surface area contributed by atoms with Gasteiger partial charge in [-0.25, -0.2) is 4.39 Å². The smallest absolute Gasteiger partial charge is 0.240 e. The van der Waals surface area contributed by atoms with Crippen molar-refractivity contribution in [1.29, 1.82) is 0 Å². The van der Waals surface area contributed by atoms with Gasteiger partial charge in [-0.15, -0.1) is 0 Å². The summed E-state index contributed by atoms with van der Waals surface area (Å²) in [7, 11) is 0. The number of amides is 1. The summed E-state index contributed by atoms with van der Waals surface area (Å²) in [4.78, 5) is 14.4. The van der Waals surface area contributed by atoms with Crippen LogP contribution < -0.4 is 5.32 Å². The lowest BCUT2D eigenvalue weighted by atomic mass is 10.3. The first kappa shape index (κ1) is 13.0. The Morgan fingerprint density at radius 1 is 1.61 bits per heavy atom. The van der Waals surface area contributed by atoms with E-state index < -0.39 is 5.82 Å². The molecular weight excluding hydrogens is 277 g/mol. The molecule has 18 heavy (non-hydrogen) atoms. The van der Waals surface area contributed by atoms with Crippen molar-refractivity contribution in [2.24, 2.45) is 0 Å². The standard InChI is InChI=1S/C11H11ClFN3OS/c1-2-14-10(17)5-16-9-4-7(13)6(12)3-8(9)15-11(16)18/h3-4H,2,5H2,1H3,(H,14,17)(H,15,18). The molecule has 0 unspecified atom stereocenters. The lowest BCUT2D eigenvalue weighted by molar-refractivity contribution is -0.121. The number of carbonyl (C=O) groups excluding carboxylic acids is 1. The predicted octanol–water partition coefficient (Wildman–Crippen LogP) is 2.63. The lowest BCUT2D eigenvalue weighted by Gasteiger charge is -2.05. The number of benzene rings is 1. The highest BCUT2D eigenvalue weighted by molar-refractivity contribution is 7.71. The lowest BCUT2D eigenvalue weighted by Crippen LogP contribution is -2.27. The highest BCUT2D eigenvalue weighted by Gasteiger charge is 2.11. The van der Waals surface area contributed by atoms with Crippen LogP contribution in [0.5, 0.6) is 0 Å². The number of fused-ring (bicyclic) bond motifs is 1. The van der Waals surface area contributed by atoms with Gasteiger partial charge in [0.05, 0.1) is 16.1 Å². The monoisotopic (exact) mass is 287 g/mol. The number of carbonyl (C=O) groups is 1. The third kappa shape index (κ3) is 2.39. The molecule has 0 atom stereocenters. The number of likely N-dealkylation sites (N-methyl/N-ethyl adjacent to an activating group) is 1. The Morgan fingerprint density at radius 2 is 2.33 bits per heavy atom. The fourth-order valence-corrected chi connectivity index (χ4v) is 2.14. The average molecular weight is 288 g/mol. The summed E-state index contributed by atoms with van der Waals surface area (Å²) < 4.78 is 15.3. The van der Waals surface area contributed by atoms with Crippen molar-refractivity contribution in [1.82, 2.24) is 14.9 Å². The van der Waals surface area contributed by atoms with E-state index in [2.05, 4.69) is 10.3 Å². The fourth-order valence-electron chi connectivity index (χ4n) is 1.71. The van der Waals surface area contributed by atoms with Crippen molar-refractivity contribution >= 4 is 40.8 Å². The zero-order valence-electron chi connectivity index (χ0n) is 9.59. The molecule has 1 aromatic heterocycles. The number of halogens is 2. The summed E-state index contributed by atoms with van der Waals surface area (Å²) in [5.41, 5.74) is 1.13. The Kier molecular flexibility index (Phi) is 3.68. The van der Waals surface area contributed by atoms with Gasteiger partial charge in [-0.3, -0.25) is 4.79 Å². The molecule has 0 aliphatic heterocycles. The normalized spacial score (nSPS) is 10.8. The van der Waals surface area contributed by atoms with Crippen LogP contribution in [0.1, 0.15) is 6.92 Å². The number of hydrogen-bond donors (Lipinski definition) is 2. The third-order valence-corrected chi connectivity index (χ3v) is 3.10. The average Bonchev–Trinajstić information content (AvgIpc) is 2.57. The summed E-state index contributed by atoms with van der Waals surface area (Å²) in [6.45, 7) is 2.41. The van der Waals surface area contributed by atoms with E-state index in [9.17, 15) is 9.18 Å². The molecule has 0 aliphatic rings. The topological polar surface area (TPSA) is 49.8 Å². The van der Waals surface area contributed by atoms with Gasteiger partial charge in [0, 0.05) is 12.6 Å². The summed E-state index contributed by atoms with van der Waals surface area (Å²) in [6.07, 6.45) is 0. The summed E-state index contributed by atoms with van der Waals surface area (Å²) in [5, 5.41) is 2.68. The number of nitrogens with one attached hydrogen (secondary N) is 2. The van der Waals surface area contributed by atoms with E-state index in [0.29, 0.717) is 22.3 Å². The zero-order valence-corrected chi connectivity index (χ0v) is 11.2. The van der Waals surface area contributed by atoms with Crippen LogP contribution in [0.25, 0.3) is 11.0 Å². The molecule has 4 nitrogen and oxygen atoms in total. The molecule has 2 rings (SSSR count). The Morgan fingerprint density at radius 3 is 3.00 bits per heavy atom. The summed E-state index contributed by atoms with van der Waals surface area (Å²) in [6, 6.07) is 2.72. The van der Waals surface area contributed by atoms with E-state index >= 15 is 0 Å². The molecule has 2 aromatic rings. The second kappa shape index (κ2) is 5.07. The molecule has 1 aromatic carbocycles. The van der Waals surface area contributed by atoms with Crippen LogP contribution in [0.4, 0.5) is 4.39 Å². The quantitative estimate of drug-likeness (QED) is 0.853. The molecule has 0 saturated heterocycles. The first-order chi connectivity index (χ1) is 8.52. The van der Waals surface area contributed by atoms with Crippen LogP contribution in [-0.4, -0.2) is 22.0 Å². The van der Waals surface area contributed by atoms with E-state index in [1.54, 1.807) is 0 Å². The Labute approximate surface area is 113 Å². The molecule has 1 heterocycles. The highest BCUT2D eigenvalue weighted by Crippen LogP contribution is 2.22. The van der Waals surface area contributed by atoms with Gasteiger partial charge in [0.1, 0.15) is 12.4 Å². The minimum absolute atomic E-state index is 0.0175. The van der Waals surface area contributed by atoms with Gasteiger partial charge in [0.25, 0.3) is 0 Å². The second-order valence-corrected chi connectivity index (χ2v) is 4.55. The van der Waals surface area contributed by atoms with Crippen LogP contribution in [0, 0.1) is 10.6 Å². The van der Waals surface area contributed by atoms with Crippen molar-refractivity contribution in [3.8, 4) is 0 Å². The molecular formula is C11H11ClFN3OS. The van der Waals surface area contributed by atoms with Crippen molar-refractivity contribution in [3.63, 3.8) is 0 Å². The Bertz CT molecular complexity index is 664. The molecule has 0 spiro atoms. The maximum absolute atomic E-state index is 13.4. The fraction of sp³-hybridized carbons (Fsp3) is 0.273. The van der Waals surface area contributed by atoms with Crippen LogP contribution in [0.2, 0.25) is 5.02 Å². The second-order valence-electron chi connectivity index (χ2n) is 3.75. The number of rotatable bonds is 3. The SMILES string of the molecule is CCNC(=O)Cn1c(=S)[nH]c2cc(Cl)c(F)cc21. The summed E-state index contributed by atoms with van der Waals surface area (Å²) >= 11 is 10.8. The van der Waals surface area contributed by atoms with Gasteiger partial charge in [-0.1, -0.05) is 11.6 Å². The molecule has 7 heteroatoms. The molecule has 0 fully saturated rings. The van der Waals surface area contributed by atoms with E-state index in [1.807, 2.05) is 6.92 Å². The third-order valence-electron chi connectivity index (χ3n) is 2.49. The van der Waals surface area contributed by atoms with Crippen LogP contribution in [0.3, 0.4) is 0 Å². The highest BCUT2D eigenvalue weighted by atomic mass is 35.5. The maximum atomic E-state index is 13.4. The number of imidazole rings is 1. The maximum Gasteiger partial charge on any atom is 0.240 e. The van der Waals surface area contributed by atoms with Crippen LogP contribution in [-0.2, 0) is 11.3 Å². The van der Waals surface area contributed by atoms with Crippen LogP contribution in [0.15, 0.2) is 12.1 Å².